The maximum Gasteiger partial charge on any atom is 0.255 e. The molecule has 1 aromatic carbocycles. The van der Waals surface area contributed by atoms with Crippen LogP contribution >= 0.6 is 0 Å². The first kappa shape index (κ1) is 15.2. The van der Waals surface area contributed by atoms with E-state index in [0.29, 0.717) is 23.0 Å². The molecule has 0 aromatic heterocycles. The van der Waals surface area contributed by atoms with Crippen LogP contribution in [0.1, 0.15) is 43.0 Å². The van der Waals surface area contributed by atoms with Gasteiger partial charge in [-0.1, -0.05) is 6.42 Å². The van der Waals surface area contributed by atoms with E-state index in [0.717, 1.165) is 11.8 Å². The number of ether oxygens (including phenoxy) is 2. The number of carbonyl (C=O) groups is 1. The molecule has 0 heterocycles. The lowest BCUT2D eigenvalue weighted by Gasteiger charge is -2.28. The van der Waals surface area contributed by atoms with Crippen LogP contribution in [0.5, 0.6) is 11.5 Å². The minimum Gasteiger partial charge on any atom is -0.497 e. The number of hydrogen-bond donors (Lipinski definition) is 1. The summed E-state index contributed by atoms with van der Waals surface area (Å²) >= 11 is 0. The van der Waals surface area contributed by atoms with Crippen LogP contribution < -0.4 is 14.8 Å². The fourth-order valence-corrected chi connectivity index (χ4v) is 4.28. The van der Waals surface area contributed by atoms with Crippen molar-refractivity contribution in [3.63, 3.8) is 0 Å². The van der Waals surface area contributed by atoms with Gasteiger partial charge in [0.25, 0.3) is 5.91 Å². The Hall–Kier alpha value is -1.71. The van der Waals surface area contributed by atoms with Gasteiger partial charge in [0.1, 0.15) is 11.5 Å². The summed E-state index contributed by atoms with van der Waals surface area (Å²) in [6, 6.07) is 5.52. The molecule has 4 atom stereocenters. The zero-order valence-corrected chi connectivity index (χ0v) is 13.6. The van der Waals surface area contributed by atoms with Crippen molar-refractivity contribution < 1.29 is 14.3 Å². The Morgan fingerprint density at radius 1 is 1.23 bits per heavy atom. The molecule has 4 heteroatoms. The maximum absolute atomic E-state index is 12.6. The second-order valence-corrected chi connectivity index (χ2v) is 6.67. The second-order valence-electron chi connectivity index (χ2n) is 6.67. The Balaban J connectivity index is 1.69. The first-order chi connectivity index (χ1) is 10.6. The van der Waals surface area contributed by atoms with Crippen molar-refractivity contribution in [2.45, 2.75) is 38.6 Å². The molecule has 4 nitrogen and oxygen atoms in total. The van der Waals surface area contributed by atoms with Crippen LogP contribution in [0.3, 0.4) is 0 Å². The Labute approximate surface area is 132 Å². The smallest absolute Gasteiger partial charge is 0.255 e. The highest BCUT2D eigenvalue weighted by Crippen LogP contribution is 2.49. The van der Waals surface area contributed by atoms with Gasteiger partial charge in [0.15, 0.2) is 0 Å². The van der Waals surface area contributed by atoms with E-state index < -0.39 is 0 Å². The molecule has 0 spiro atoms. The van der Waals surface area contributed by atoms with Crippen molar-refractivity contribution >= 4 is 5.91 Å². The predicted molar refractivity (Wildman–Crippen MR) is 85.4 cm³/mol. The number of carbonyl (C=O) groups excluding carboxylic acids is 1. The number of nitrogens with one attached hydrogen (secondary N) is 1. The molecule has 22 heavy (non-hydrogen) atoms. The van der Waals surface area contributed by atoms with E-state index in [4.69, 9.17) is 9.47 Å². The van der Waals surface area contributed by atoms with Gasteiger partial charge >= 0.3 is 0 Å². The quantitative estimate of drug-likeness (QED) is 0.908. The number of fused-ring (bicyclic) bond motifs is 2. The predicted octanol–water partition coefficient (Wildman–Crippen LogP) is 3.26. The maximum atomic E-state index is 12.6. The zero-order chi connectivity index (χ0) is 15.7. The van der Waals surface area contributed by atoms with Crippen molar-refractivity contribution in [3.8, 4) is 11.5 Å². The number of amides is 1. The van der Waals surface area contributed by atoms with Crippen LogP contribution in [0.2, 0.25) is 0 Å². The van der Waals surface area contributed by atoms with Crippen molar-refractivity contribution in [3.05, 3.63) is 23.8 Å². The van der Waals surface area contributed by atoms with Crippen molar-refractivity contribution in [1.82, 2.24) is 5.32 Å². The zero-order valence-electron chi connectivity index (χ0n) is 13.6. The van der Waals surface area contributed by atoms with E-state index in [-0.39, 0.29) is 11.9 Å². The van der Waals surface area contributed by atoms with Gasteiger partial charge in [-0.25, -0.2) is 0 Å². The van der Waals surface area contributed by atoms with E-state index in [9.17, 15) is 4.79 Å². The third-order valence-electron chi connectivity index (χ3n) is 5.45. The number of hydrogen-bond acceptors (Lipinski definition) is 3. The van der Waals surface area contributed by atoms with E-state index in [1.165, 1.54) is 25.7 Å². The van der Waals surface area contributed by atoms with Crippen molar-refractivity contribution in [1.29, 1.82) is 0 Å². The molecular weight excluding hydrogens is 278 g/mol. The highest BCUT2D eigenvalue weighted by atomic mass is 16.5. The average Bonchev–Trinajstić information content (AvgIpc) is 3.17. The molecule has 2 aliphatic rings. The first-order valence-electron chi connectivity index (χ1n) is 8.15. The van der Waals surface area contributed by atoms with Crippen LogP contribution in [0.15, 0.2) is 18.2 Å². The summed E-state index contributed by atoms with van der Waals surface area (Å²) in [5.41, 5.74) is 0.568. The summed E-state index contributed by atoms with van der Waals surface area (Å²) in [4.78, 5) is 12.6. The van der Waals surface area contributed by atoms with Gasteiger partial charge in [0.2, 0.25) is 0 Å². The number of rotatable bonds is 5. The van der Waals surface area contributed by atoms with Gasteiger partial charge < -0.3 is 14.8 Å². The minimum atomic E-state index is -0.0604. The topological polar surface area (TPSA) is 47.6 Å². The van der Waals surface area contributed by atoms with Crippen molar-refractivity contribution in [2.24, 2.45) is 17.8 Å². The lowest BCUT2D eigenvalue weighted by atomic mass is 9.84. The summed E-state index contributed by atoms with van der Waals surface area (Å²) in [5, 5.41) is 3.18. The standard InChI is InChI=1S/C18H25NO3/c1-11(16-9-12-4-5-13(16)8-12)19-18(20)15-7-6-14(21-2)10-17(15)22-3/h6-7,10-13,16H,4-5,8-9H2,1-3H3,(H,19,20)/t11-,12+,13+,16-/m1/s1. The molecule has 120 valence electrons. The SMILES string of the molecule is COc1ccc(C(=O)N[C@H](C)[C@H]2C[C@H]3CC[C@H]2C3)c(OC)c1. The first-order valence-corrected chi connectivity index (χ1v) is 8.15. The minimum absolute atomic E-state index is 0.0604. The van der Waals surface area contributed by atoms with Crippen LogP contribution in [0, 0.1) is 17.8 Å². The fraction of sp³-hybridized carbons (Fsp3) is 0.611. The molecule has 1 amide bonds. The molecule has 1 aromatic rings. The highest BCUT2D eigenvalue weighted by Gasteiger charge is 2.42. The Morgan fingerprint density at radius 2 is 2.05 bits per heavy atom. The van der Waals surface area contributed by atoms with E-state index in [2.05, 4.69) is 12.2 Å². The van der Waals surface area contributed by atoms with Crippen molar-refractivity contribution in [2.75, 3.05) is 14.2 Å². The van der Waals surface area contributed by atoms with Gasteiger partial charge in [0, 0.05) is 12.1 Å². The van der Waals surface area contributed by atoms with E-state index in [1.54, 1.807) is 32.4 Å². The summed E-state index contributed by atoms with van der Waals surface area (Å²) in [7, 11) is 3.18. The molecule has 1 N–H and O–H groups in total. The third-order valence-corrected chi connectivity index (χ3v) is 5.45. The molecule has 3 rings (SSSR count). The largest absolute Gasteiger partial charge is 0.497 e. The molecule has 2 bridgehead atoms. The monoisotopic (exact) mass is 303 g/mol. The number of methoxy groups -OCH3 is 2. The Kier molecular flexibility index (Phi) is 4.27. The average molecular weight is 303 g/mol. The van der Waals surface area contributed by atoms with Crippen LogP contribution in [0.25, 0.3) is 0 Å². The molecule has 0 radical (unpaired) electrons. The van der Waals surface area contributed by atoms with Gasteiger partial charge in [-0.3, -0.25) is 4.79 Å². The molecule has 2 aliphatic carbocycles. The summed E-state index contributed by atoms with van der Waals surface area (Å²) in [6.45, 7) is 2.14. The van der Waals surface area contributed by atoms with E-state index >= 15 is 0 Å². The second kappa shape index (κ2) is 6.19. The van der Waals surface area contributed by atoms with Crippen LogP contribution in [-0.2, 0) is 0 Å². The van der Waals surface area contributed by atoms with Gasteiger partial charge in [-0.2, -0.15) is 0 Å². The summed E-state index contributed by atoms with van der Waals surface area (Å²) in [6.07, 6.45) is 5.35. The Morgan fingerprint density at radius 3 is 2.64 bits per heavy atom. The number of benzene rings is 1. The van der Waals surface area contributed by atoms with Gasteiger partial charge in [-0.05, 0) is 56.1 Å². The van der Waals surface area contributed by atoms with Crippen LogP contribution in [0.4, 0.5) is 0 Å². The lowest BCUT2D eigenvalue weighted by Crippen LogP contribution is -2.40. The Bertz CT molecular complexity index is 557. The fourth-order valence-electron chi connectivity index (χ4n) is 4.28. The van der Waals surface area contributed by atoms with Gasteiger partial charge in [0.05, 0.1) is 19.8 Å². The molecule has 0 saturated heterocycles. The summed E-state index contributed by atoms with van der Waals surface area (Å²) in [5.74, 6) is 3.51. The molecular formula is C18H25NO3. The molecule has 0 unspecified atom stereocenters. The third kappa shape index (κ3) is 2.79. The highest BCUT2D eigenvalue weighted by molar-refractivity contribution is 5.97. The molecule has 2 fully saturated rings. The summed E-state index contributed by atoms with van der Waals surface area (Å²) < 4.78 is 10.5. The van der Waals surface area contributed by atoms with E-state index in [1.807, 2.05) is 0 Å². The molecule has 2 saturated carbocycles. The lowest BCUT2D eigenvalue weighted by molar-refractivity contribution is 0.0912. The molecule has 0 aliphatic heterocycles. The normalized spacial score (nSPS) is 27.5. The van der Waals surface area contributed by atoms with Crippen LogP contribution in [-0.4, -0.2) is 26.2 Å². The van der Waals surface area contributed by atoms with Gasteiger partial charge in [-0.15, -0.1) is 0 Å².